The van der Waals surface area contributed by atoms with E-state index in [0.29, 0.717) is 12.8 Å². The Morgan fingerprint density at radius 2 is 1.53 bits per heavy atom. The molecule has 3 amide bonds. The zero-order valence-electron chi connectivity index (χ0n) is 23.9. The van der Waals surface area contributed by atoms with E-state index in [1.54, 1.807) is 0 Å². The molecule has 0 bridgehead atoms. The van der Waals surface area contributed by atoms with E-state index in [-0.39, 0.29) is 30.8 Å². The first-order valence-corrected chi connectivity index (χ1v) is 14.0. The van der Waals surface area contributed by atoms with E-state index >= 15 is 0 Å². The fraction of sp³-hybridized carbons (Fsp3) is 0.724. The molecule has 4 N–H and O–H groups in total. The van der Waals surface area contributed by atoms with Crippen molar-refractivity contribution >= 4 is 23.9 Å². The normalized spacial score (nSPS) is 14.0. The Kier molecular flexibility index (Phi) is 19.6. The minimum absolute atomic E-state index is 0.0515. The molecule has 2 unspecified atom stereocenters. The molecule has 0 spiro atoms. The lowest BCUT2D eigenvalue weighted by atomic mass is 9.95. The highest BCUT2D eigenvalue weighted by molar-refractivity contribution is 5.89. The predicted octanol–water partition coefficient (Wildman–Crippen LogP) is 5.11. The van der Waals surface area contributed by atoms with Crippen LogP contribution in [0.25, 0.3) is 0 Å². The van der Waals surface area contributed by atoms with Crippen LogP contribution in [-0.4, -0.2) is 54.2 Å². The van der Waals surface area contributed by atoms with E-state index in [4.69, 9.17) is 4.74 Å². The number of hydrogen-bond acceptors (Lipinski definition) is 5. The summed E-state index contributed by atoms with van der Waals surface area (Å²) in [7, 11) is 1.47. The third-order valence-corrected chi connectivity index (χ3v) is 6.36. The molecule has 0 saturated carbocycles. The zero-order chi connectivity index (χ0) is 28.9. The molecule has 0 aliphatic carbocycles. The maximum atomic E-state index is 13.1. The van der Waals surface area contributed by atoms with Gasteiger partial charge in [-0.3, -0.25) is 9.59 Å². The van der Waals surface area contributed by atoms with Crippen LogP contribution in [0.1, 0.15) is 97.8 Å². The Balaban J connectivity index is 5.34. The van der Waals surface area contributed by atoms with E-state index in [2.05, 4.69) is 36.0 Å². The molecule has 0 saturated heterocycles. The van der Waals surface area contributed by atoms with Crippen LogP contribution in [0, 0.1) is 11.8 Å². The number of nitrogens with one attached hydrogen (secondary N) is 3. The number of amides is 3. The van der Waals surface area contributed by atoms with Crippen LogP contribution in [0.15, 0.2) is 25.3 Å². The van der Waals surface area contributed by atoms with Crippen molar-refractivity contribution in [3.8, 4) is 0 Å². The Labute approximate surface area is 229 Å². The Morgan fingerprint density at radius 3 is 2.08 bits per heavy atom. The molecule has 38 heavy (non-hydrogen) atoms. The van der Waals surface area contributed by atoms with Crippen molar-refractivity contribution in [2.45, 2.75) is 116 Å². The summed E-state index contributed by atoms with van der Waals surface area (Å²) in [6, 6.07) is -2.27. The van der Waals surface area contributed by atoms with Crippen LogP contribution < -0.4 is 16.0 Å². The summed E-state index contributed by atoms with van der Waals surface area (Å²) in [5.74, 6) is -2.82. The van der Waals surface area contributed by atoms with E-state index < -0.39 is 36.0 Å². The van der Waals surface area contributed by atoms with Crippen molar-refractivity contribution in [2.75, 3.05) is 7.05 Å². The summed E-state index contributed by atoms with van der Waals surface area (Å²) >= 11 is 0. The van der Waals surface area contributed by atoms with Crippen molar-refractivity contribution in [3.63, 3.8) is 0 Å². The number of ether oxygens (including phenoxy) is 1. The van der Waals surface area contributed by atoms with Gasteiger partial charge in [0.2, 0.25) is 11.8 Å². The Morgan fingerprint density at radius 1 is 0.868 bits per heavy atom. The number of unbranched alkanes of at least 4 members (excludes halogenated alkanes) is 5. The highest BCUT2D eigenvalue weighted by atomic mass is 16.6. The minimum atomic E-state index is -1.30. The topological polar surface area (TPSA) is 134 Å². The molecule has 0 radical (unpaired) electrons. The van der Waals surface area contributed by atoms with Gasteiger partial charge >= 0.3 is 12.1 Å². The standard InChI is InChI=1S/C29H51N3O6/c1-7-10-12-13-15-18-23(17-14-11-8-2)38-29(37)32-24(19-21(4)5)27(34)31-25(28(35)36)20-22(16-9-3)26(33)30-6/h8-9,21-25H,2-3,7,10-20H2,1,4-6H3,(H,30,33)(H,31,34)(H,32,37)(H,35,36)/t22?,23?,24-,25-/m0/s1. The second kappa shape index (κ2) is 21.1. The smallest absolute Gasteiger partial charge is 0.408 e. The molecular formula is C29H51N3O6. The second-order valence-corrected chi connectivity index (χ2v) is 10.2. The average Bonchev–Trinajstić information content (AvgIpc) is 2.86. The Hall–Kier alpha value is -2.84. The number of aliphatic carboxylic acids is 1. The largest absolute Gasteiger partial charge is 0.480 e. The number of carboxylic acid groups (broad SMARTS) is 1. The summed E-state index contributed by atoms with van der Waals surface area (Å²) in [4.78, 5) is 50.0. The maximum Gasteiger partial charge on any atom is 0.408 e. The summed E-state index contributed by atoms with van der Waals surface area (Å²) in [5.41, 5.74) is 0. The lowest BCUT2D eigenvalue weighted by molar-refractivity contribution is -0.143. The number of carboxylic acids is 1. The van der Waals surface area contributed by atoms with Crippen LogP contribution in [-0.2, 0) is 19.1 Å². The van der Waals surface area contributed by atoms with Crippen molar-refractivity contribution < 1.29 is 29.0 Å². The molecule has 0 aliphatic rings. The highest BCUT2D eigenvalue weighted by Gasteiger charge is 2.31. The van der Waals surface area contributed by atoms with Crippen molar-refractivity contribution in [2.24, 2.45) is 11.8 Å². The van der Waals surface area contributed by atoms with Crippen molar-refractivity contribution in [1.82, 2.24) is 16.0 Å². The molecule has 0 fully saturated rings. The van der Waals surface area contributed by atoms with E-state index in [0.717, 1.165) is 44.9 Å². The van der Waals surface area contributed by atoms with Gasteiger partial charge in [0.1, 0.15) is 18.2 Å². The quantitative estimate of drug-likeness (QED) is 0.112. The first kappa shape index (κ1) is 35.2. The highest BCUT2D eigenvalue weighted by Crippen LogP contribution is 2.17. The predicted molar refractivity (Wildman–Crippen MR) is 151 cm³/mol. The number of allylic oxidation sites excluding steroid dienone is 2. The van der Waals surface area contributed by atoms with Crippen molar-refractivity contribution in [3.05, 3.63) is 25.3 Å². The number of carbonyl (C=O) groups is 4. The van der Waals surface area contributed by atoms with Gasteiger partial charge in [-0.2, -0.15) is 0 Å². The molecule has 0 aliphatic heterocycles. The fourth-order valence-electron chi connectivity index (χ4n) is 4.25. The van der Waals surface area contributed by atoms with Crippen LogP contribution in [0.5, 0.6) is 0 Å². The molecule has 9 heteroatoms. The molecule has 0 rings (SSSR count). The number of hydrogen-bond donors (Lipinski definition) is 4. The van der Waals surface area contributed by atoms with Gasteiger partial charge < -0.3 is 25.8 Å². The molecule has 218 valence electrons. The van der Waals surface area contributed by atoms with Gasteiger partial charge in [-0.1, -0.05) is 58.6 Å². The molecule has 9 nitrogen and oxygen atoms in total. The second-order valence-electron chi connectivity index (χ2n) is 10.2. The monoisotopic (exact) mass is 537 g/mol. The minimum Gasteiger partial charge on any atom is -0.480 e. The lowest BCUT2D eigenvalue weighted by Crippen LogP contribution is -2.53. The van der Waals surface area contributed by atoms with Gasteiger partial charge in [-0.05, 0) is 57.3 Å². The van der Waals surface area contributed by atoms with Gasteiger partial charge in [0.05, 0.1) is 0 Å². The van der Waals surface area contributed by atoms with Crippen molar-refractivity contribution in [1.29, 1.82) is 0 Å². The summed E-state index contributed by atoms with van der Waals surface area (Å²) in [5, 5.41) is 17.4. The summed E-state index contributed by atoms with van der Waals surface area (Å²) in [6.07, 6.45) is 11.6. The Bertz CT molecular complexity index is 740. The zero-order valence-corrected chi connectivity index (χ0v) is 23.9. The first-order chi connectivity index (χ1) is 18.1. The molecule has 0 aromatic heterocycles. The van der Waals surface area contributed by atoms with Crippen LogP contribution >= 0.6 is 0 Å². The third-order valence-electron chi connectivity index (χ3n) is 6.36. The number of alkyl carbamates (subject to hydrolysis) is 1. The van der Waals surface area contributed by atoms with Gasteiger partial charge in [0, 0.05) is 13.0 Å². The van der Waals surface area contributed by atoms with Crippen LogP contribution in [0.4, 0.5) is 4.79 Å². The maximum absolute atomic E-state index is 13.1. The van der Waals surface area contributed by atoms with Crippen LogP contribution in [0.3, 0.4) is 0 Å². The third kappa shape index (κ3) is 16.1. The van der Waals surface area contributed by atoms with E-state index in [1.165, 1.54) is 19.5 Å². The summed E-state index contributed by atoms with van der Waals surface area (Å²) in [6.45, 7) is 13.3. The molecule has 4 atom stereocenters. The van der Waals surface area contributed by atoms with Gasteiger partial charge in [0.25, 0.3) is 0 Å². The fourth-order valence-corrected chi connectivity index (χ4v) is 4.25. The molecule has 0 heterocycles. The number of carbonyl (C=O) groups excluding carboxylic acids is 3. The SMILES string of the molecule is C=CCCCC(CCCCCCC)OC(=O)N[C@@H](CC(C)C)C(=O)N[C@@H](CC(CC=C)C(=O)NC)C(=O)O. The van der Waals surface area contributed by atoms with E-state index in [9.17, 15) is 24.3 Å². The van der Waals surface area contributed by atoms with Crippen LogP contribution in [0.2, 0.25) is 0 Å². The molecular weight excluding hydrogens is 486 g/mol. The van der Waals surface area contributed by atoms with Gasteiger partial charge in [0.15, 0.2) is 0 Å². The molecule has 0 aromatic carbocycles. The van der Waals surface area contributed by atoms with Gasteiger partial charge in [-0.15, -0.1) is 13.2 Å². The number of rotatable bonds is 22. The molecule has 0 aromatic rings. The lowest BCUT2D eigenvalue weighted by Gasteiger charge is -2.25. The van der Waals surface area contributed by atoms with Gasteiger partial charge in [-0.25, -0.2) is 9.59 Å². The first-order valence-electron chi connectivity index (χ1n) is 14.0. The average molecular weight is 538 g/mol. The summed E-state index contributed by atoms with van der Waals surface area (Å²) < 4.78 is 5.72. The van der Waals surface area contributed by atoms with E-state index in [1.807, 2.05) is 19.9 Å².